The van der Waals surface area contributed by atoms with E-state index in [1.54, 1.807) is 47.2 Å². The van der Waals surface area contributed by atoms with Crippen LogP contribution in [0.5, 0.6) is 5.88 Å². The lowest BCUT2D eigenvalue weighted by molar-refractivity contribution is -0.114. The average Bonchev–Trinajstić information content (AvgIpc) is 3.41. The Morgan fingerprint density at radius 1 is 1.16 bits per heavy atom. The van der Waals surface area contributed by atoms with Gasteiger partial charge in [-0.2, -0.15) is 10.1 Å². The van der Waals surface area contributed by atoms with Crippen molar-refractivity contribution < 1.29 is 14.3 Å². The number of fused-ring (bicyclic) bond motifs is 1. The Hall–Kier alpha value is -3.49. The second-order valence-corrected chi connectivity index (χ2v) is 9.97. The topological polar surface area (TPSA) is 90.2 Å². The molecule has 8 nitrogen and oxygen atoms in total. The molecule has 10 heteroatoms. The fourth-order valence-corrected chi connectivity index (χ4v) is 5.10. The molecule has 2 aromatic heterocycles. The zero-order chi connectivity index (χ0) is 26.4. The monoisotopic (exact) mass is 537 g/mol. The van der Waals surface area contributed by atoms with E-state index in [1.165, 1.54) is 0 Å². The number of amides is 1. The van der Waals surface area contributed by atoms with Crippen molar-refractivity contribution in [3.8, 4) is 11.6 Å². The van der Waals surface area contributed by atoms with E-state index in [9.17, 15) is 9.59 Å². The Morgan fingerprint density at radius 2 is 1.89 bits per heavy atom. The minimum atomic E-state index is -0.507. The predicted molar refractivity (Wildman–Crippen MR) is 140 cm³/mol. The Balaban J connectivity index is 1.75. The van der Waals surface area contributed by atoms with Crippen LogP contribution in [0, 0.1) is 0 Å². The Kier molecular flexibility index (Phi) is 6.64. The van der Waals surface area contributed by atoms with Crippen molar-refractivity contribution in [1.82, 2.24) is 24.6 Å². The van der Waals surface area contributed by atoms with Crippen LogP contribution in [-0.4, -0.2) is 43.4 Å². The first-order valence-electron chi connectivity index (χ1n) is 12.0. The number of ether oxygens (including phenoxy) is 1. The fourth-order valence-electron chi connectivity index (χ4n) is 4.79. The lowest BCUT2D eigenvalue weighted by Gasteiger charge is -2.29. The number of aryl methyl sites for hydroxylation is 1. The van der Waals surface area contributed by atoms with Gasteiger partial charge in [-0.3, -0.25) is 14.5 Å². The number of carbonyl (C=O) groups excluding carboxylic acids is 2. The highest BCUT2D eigenvalue weighted by Crippen LogP contribution is 2.46. The van der Waals surface area contributed by atoms with Gasteiger partial charge in [-0.05, 0) is 29.7 Å². The molecular formula is C27H25Cl2N5O3. The molecule has 0 N–H and O–H groups in total. The van der Waals surface area contributed by atoms with Crippen LogP contribution in [0.2, 0.25) is 5.02 Å². The van der Waals surface area contributed by atoms with Crippen molar-refractivity contribution in [2.24, 2.45) is 0 Å². The summed E-state index contributed by atoms with van der Waals surface area (Å²) in [4.78, 5) is 36.6. The number of nitrogens with zero attached hydrogens (tertiary/aromatic N) is 5. The van der Waals surface area contributed by atoms with Crippen LogP contribution >= 0.6 is 23.2 Å². The summed E-state index contributed by atoms with van der Waals surface area (Å²) in [6, 6.07) is 6.86. The molecule has 190 valence electrons. The van der Waals surface area contributed by atoms with Crippen LogP contribution in [0.15, 0.2) is 53.3 Å². The SMILES string of the molecule is CCc1ncc(-n2nc3c(c2C(C)C)C(c2ccc(Cl)cc2)N(C2=CCC(=O)C(Cl)=C2)C3=O)c(OC)n1. The molecule has 0 saturated heterocycles. The Labute approximate surface area is 224 Å². The molecule has 1 atom stereocenters. The van der Waals surface area contributed by atoms with Gasteiger partial charge in [0.25, 0.3) is 5.91 Å². The van der Waals surface area contributed by atoms with E-state index in [0.29, 0.717) is 40.2 Å². The van der Waals surface area contributed by atoms with Crippen LogP contribution in [0.1, 0.15) is 72.3 Å². The minimum Gasteiger partial charge on any atom is -0.479 e. The minimum absolute atomic E-state index is 0.0181. The Bertz CT molecular complexity index is 1470. The number of Topliss-reactive ketones (excluding diaryl/α,β-unsaturated/α-hetero) is 1. The van der Waals surface area contributed by atoms with Gasteiger partial charge < -0.3 is 4.74 Å². The summed E-state index contributed by atoms with van der Waals surface area (Å²) in [5.74, 6) is 0.534. The third-order valence-corrected chi connectivity index (χ3v) is 7.06. The van der Waals surface area contributed by atoms with E-state index in [1.807, 2.05) is 32.9 Å². The van der Waals surface area contributed by atoms with Gasteiger partial charge in [-0.25, -0.2) is 9.67 Å². The number of benzene rings is 1. The summed E-state index contributed by atoms with van der Waals surface area (Å²) in [6.45, 7) is 6.06. The normalized spacial score (nSPS) is 17.3. The second-order valence-electron chi connectivity index (χ2n) is 9.13. The first-order chi connectivity index (χ1) is 17.7. The van der Waals surface area contributed by atoms with Gasteiger partial charge in [0.1, 0.15) is 11.5 Å². The van der Waals surface area contributed by atoms with Crippen molar-refractivity contribution in [3.63, 3.8) is 0 Å². The molecule has 1 aliphatic heterocycles. The first kappa shape index (κ1) is 25.2. The first-order valence-corrected chi connectivity index (χ1v) is 12.7. The summed E-state index contributed by atoms with van der Waals surface area (Å²) >= 11 is 12.4. The van der Waals surface area contributed by atoms with Gasteiger partial charge in [-0.1, -0.05) is 62.2 Å². The lowest BCUT2D eigenvalue weighted by Crippen LogP contribution is -2.30. The molecule has 1 amide bonds. The number of rotatable bonds is 6. The molecular weight excluding hydrogens is 513 g/mol. The molecule has 0 spiro atoms. The summed E-state index contributed by atoms with van der Waals surface area (Å²) in [5, 5.41) is 5.47. The summed E-state index contributed by atoms with van der Waals surface area (Å²) in [7, 11) is 1.55. The number of hydrogen-bond donors (Lipinski definition) is 0. The van der Waals surface area contributed by atoms with Crippen LogP contribution < -0.4 is 4.74 Å². The smallest absolute Gasteiger partial charge is 0.280 e. The van der Waals surface area contributed by atoms with Crippen molar-refractivity contribution in [1.29, 1.82) is 0 Å². The highest BCUT2D eigenvalue weighted by Gasteiger charge is 2.46. The number of halogens is 2. The number of aromatic nitrogens is 4. The molecule has 0 fully saturated rings. The van der Waals surface area contributed by atoms with Crippen LogP contribution in [0.4, 0.5) is 0 Å². The van der Waals surface area contributed by atoms with Crippen molar-refractivity contribution >= 4 is 34.9 Å². The third-order valence-electron chi connectivity index (χ3n) is 6.48. The van der Waals surface area contributed by atoms with E-state index >= 15 is 0 Å². The highest BCUT2D eigenvalue weighted by atomic mass is 35.5. The summed E-state index contributed by atoms with van der Waals surface area (Å²) in [5.41, 5.74) is 3.88. The number of allylic oxidation sites excluding steroid dienone is 3. The van der Waals surface area contributed by atoms with Crippen molar-refractivity contribution in [3.05, 3.63) is 86.7 Å². The molecule has 1 aromatic carbocycles. The lowest BCUT2D eigenvalue weighted by atomic mass is 9.94. The molecule has 2 aliphatic rings. The number of ketones is 1. The van der Waals surface area contributed by atoms with Crippen LogP contribution in [0.25, 0.3) is 5.69 Å². The van der Waals surface area contributed by atoms with E-state index in [4.69, 9.17) is 33.0 Å². The zero-order valence-corrected chi connectivity index (χ0v) is 22.3. The van der Waals surface area contributed by atoms with Gasteiger partial charge in [0.15, 0.2) is 11.5 Å². The molecule has 1 aliphatic carbocycles. The quantitative estimate of drug-likeness (QED) is 0.410. The molecule has 1 unspecified atom stereocenters. The molecule has 3 heterocycles. The van der Waals surface area contributed by atoms with Gasteiger partial charge >= 0.3 is 0 Å². The van der Waals surface area contributed by atoms with Crippen molar-refractivity contribution in [2.45, 2.75) is 45.6 Å². The van der Waals surface area contributed by atoms with E-state index in [-0.39, 0.29) is 29.1 Å². The van der Waals surface area contributed by atoms with Gasteiger partial charge in [0.2, 0.25) is 5.88 Å². The third kappa shape index (κ3) is 4.24. The fraction of sp³-hybridized carbons (Fsp3) is 0.296. The predicted octanol–water partition coefficient (Wildman–Crippen LogP) is 5.53. The molecule has 5 rings (SSSR count). The number of hydrogen-bond acceptors (Lipinski definition) is 6. The molecule has 37 heavy (non-hydrogen) atoms. The van der Waals surface area contributed by atoms with E-state index < -0.39 is 6.04 Å². The van der Waals surface area contributed by atoms with Gasteiger partial charge in [0, 0.05) is 29.1 Å². The maximum Gasteiger partial charge on any atom is 0.280 e. The maximum atomic E-state index is 14.0. The molecule has 3 aromatic rings. The van der Waals surface area contributed by atoms with Gasteiger partial charge in [0.05, 0.1) is 30.1 Å². The number of carbonyl (C=O) groups is 2. The average molecular weight is 538 g/mol. The molecule has 0 radical (unpaired) electrons. The van der Waals surface area contributed by atoms with Crippen LogP contribution in [0.3, 0.4) is 0 Å². The largest absolute Gasteiger partial charge is 0.479 e. The molecule has 0 bridgehead atoms. The van der Waals surface area contributed by atoms with E-state index in [0.717, 1.165) is 16.8 Å². The van der Waals surface area contributed by atoms with E-state index in [2.05, 4.69) is 9.97 Å². The maximum absolute atomic E-state index is 14.0. The zero-order valence-electron chi connectivity index (χ0n) is 20.8. The second kappa shape index (κ2) is 9.76. The Morgan fingerprint density at radius 3 is 2.51 bits per heavy atom. The van der Waals surface area contributed by atoms with Gasteiger partial charge in [-0.15, -0.1) is 0 Å². The summed E-state index contributed by atoms with van der Waals surface area (Å²) in [6.07, 6.45) is 5.72. The van der Waals surface area contributed by atoms with Crippen molar-refractivity contribution in [2.75, 3.05) is 7.11 Å². The highest BCUT2D eigenvalue weighted by molar-refractivity contribution is 6.43. The van der Waals surface area contributed by atoms with Crippen LogP contribution in [-0.2, 0) is 11.2 Å². The molecule has 0 saturated carbocycles. The summed E-state index contributed by atoms with van der Waals surface area (Å²) < 4.78 is 7.30. The number of methoxy groups -OCH3 is 1. The standard InChI is InChI=1S/C27H25Cl2N5O3/c1-5-21-30-13-19(26(31-21)37-4)34-24(14(2)3)22-23(32-34)27(36)33(17-10-11-20(35)18(29)12-17)25(22)15-6-8-16(28)9-7-15/h6-10,12-14,25H,5,11H2,1-4H3.